The lowest BCUT2D eigenvalue weighted by Crippen LogP contribution is -2.45. The SMILES string of the molecule is CCC(CO)(CO)Nc1nccn2nc(C(C)C)cc12. The van der Waals surface area contributed by atoms with Gasteiger partial charge in [-0.2, -0.15) is 5.10 Å². The van der Waals surface area contributed by atoms with Crippen molar-refractivity contribution in [3.05, 3.63) is 24.2 Å². The lowest BCUT2D eigenvalue weighted by Gasteiger charge is -2.30. The van der Waals surface area contributed by atoms with Gasteiger partial charge in [0.1, 0.15) is 5.52 Å². The number of fused-ring (bicyclic) bond motifs is 1. The summed E-state index contributed by atoms with van der Waals surface area (Å²) in [5.74, 6) is 0.950. The molecule has 3 N–H and O–H groups in total. The molecule has 0 unspecified atom stereocenters. The highest BCUT2D eigenvalue weighted by Gasteiger charge is 2.27. The van der Waals surface area contributed by atoms with Crippen LogP contribution in [0.1, 0.15) is 38.8 Å². The molecule has 0 aromatic carbocycles. The first kappa shape index (κ1) is 14.7. The average Bonchev–Trinajstić information content (AvgIpc) is 2.90. The van der Waals surface area contributed by atoms with Crippen LogP contribution in [0.5, 0.6) is 0 Å². The summed E-state index contributed by atoms with van der Waals surface area (Å²) in [5, 5.41) is 26.7. The molecule has 6 heteroatoms. The number of anilines is 1. The topological polar surface area (TPSA) is 82.7 Å². The molecule has 0 bridgehead atoms. The molecule has 2 rings (SSSR count). The highest BCUT2D eigenvalue weighted by molar-refractivity contribution is 5.68. The maximum Gasteiger partial charge on any atom is 0.152 e. The second kappa shape index (κ2) is 5.76. The number of nitrogens with zero attached hydrogens (tertiary/aromatic N) is 3. The van der Waals surface area contributed by atoms with E-state index in [1.807, 2.05) is 13.0 Å². The molecule has 2 aromatic rings. The predicted molar refractivity (Wildman–Crippen MR) is 77.9 cm³/mol. The number of rotatable bonds is 6. The van der Waals surface area contributed by atoms with Crippen molar-refractivity contribution in [2.24, 2.45) is 0 Å². The fourth-order valence-electron chi connectivity index (χ4n) is 2.01. The van der Waals surface area contributed by atoms with E-state index < -0.39 is 5.54 Å². The van der Waals surface area contributed by atoms with E-state index in [0.717, 1.165) is 11.2 Å². The average molecular weight is 278 g/mol. The van der Waals surface area contributed by atoms with Crippen molar-refractivity contribution >= 4 is 11.3 Å². The van der Waals surface area contributed by atoms with Crippen LogP contribution >= 0.6 is 0 Å². The third-order valence-corrected chi connectivity index (χ3v) is 3.67. The summed E-state index contributed by atoms with van der Waals surface area (Å²) in [6, 6.07) is 1.98. The molecule has 0 fully saturated rings. The van der Waals surface area contributed by atoms with Crippen molar-refractivity contribution in [1.29, 1.82) is 0 Å². The Labute approximate surface area is 118 Å². The summed E-state index contributed by atoms with van der Waals surface area (Å²) >= 11 is 0. The largest absolute Gasteiger partial charge is 0.394 e. The first-order valence-electron chi connectivity index (χ1n) is 6.89. The third-order valence-electron chi connectivity index (χ3n) is 3.67. The van der Waals surface area contributed by atoms with Crippen molar-refractivity contribution in [3.8, 4) is 0 Å². The minimum absolute atomic E-state index is 0.159. The van der Waals surface area contributed by atoms with Crippen LogP contribution in [0.3, 0.4) is 0 Å². The minimum atomic E-state index is -0.767. The zero-order chi connectivity index (χ0) is 14.8. The van der Waals surface area contributed by atoms with Crippen molar-refractivity contribution in [2.75, 3.05) is 18.5 Å². The van der Waals surface area contributed by atoms with E-state index >= 15 is 0 Å². The standard InChI is InChI=1S/C14H22N4O2/c1-4-14(8-19,9-20)16-13-12-7-11(10(2)3)17-18(12)6-5-15-13/h5-7,10,19-20H,4,8-9H2,1-3H3,(H,15,16). The summed E-state index contributed by atoms with van der Waals surface area (Å²) in [6.07, 6.45) is 4.04. The monoisotopic (exact) mass is 278 g/mol. The lowest BCUT2D eigenvalue weighted by molar-refractivity contribution is 0.132. The van der Waals surface area contributed by atoms with Crippen LogP contribution in [0, 0.1) is 0 Å². The van der Waals surface area contributed by atoms with E-state index in [4.69, 9.17) is 0 Å². The number of nitrogens with one attached hydrogen (secondary N) is 1. The molecule has 0 amide bonds. The van der Waals surface area contributed by atoms with Gasteiger partial charge in [-0.3, -0.25) is 0 Å². The molecule has 0 atom stereocenters. The highest BCUT2D eigenvalue weighted by atomic mass is 16.3. The molecule has 2 heterocycles. The summed E-state index contributed by atoms with van der Waals surface area (Å²) < 4.78 is 1.76. The van der Waals surface area contributed by atoms with Gasteiger partial charge in [0, 0.05) is 12.4 Å². The van der Waals surface area contributed by atoms with Gasteiger partial charge in [-0.25, -0.2) is 9.50 Å². The fraction of sp³-hybridized carbons (Fsp3) is 0.571. The van der Waals surface area contributed by atoms with Crippen LogP contribution < -0.4 is 5.32 Å². The molecule has 0 saturated heterocycles. The molecular formula is C14H22N4O2. The Balaban J connectivity index is 2.44. The zero-order valence-electron chi connectivity index (χ0n) is 12.2. The highest BCUT2D eigenvalue weighted by Crippen LogP contribution is 2.23. The first-order valence-corrected chi connectivity index (χ1v) is 6.89. The Kier molecular flexibility index (Phi) is 4.25. The summed E-state index contributed by atoms with van der Waals surface area (Å²) in [5.41, 5.74) is 1.06. The summed E-state index contributed by atoms with van der Waals surface area (Å²) in [7, 11) is 0. The quantitative estimate of drug-likeness (QED) is 0.744. The number of hydrogen-bond acceptors (Lipinski definition) is 5. The van der Waals surface area contributed by atoms with Crippen LogP contribution in [-0.4, -0.2) is 43.6 Å². The molecular weight excluding hydrogens is 256 g/mol. The minimum Gasteiger partial charge on any atom is -0.394 e. The molecule has 0 saturated carbocycles. The van der Waals surface area contributed by atoms with E-state index in [1.54, 1.807) is 16.9 Å². The van der Waals surface area contributed by atoms with E-state index in [1.165, 1.54) is 0 Å². The van der Waals surface area contributed by atoms with Gasteiger partial charge in [-0.15, -0.1) is 0 Å². The summed E-state index contributed by atoms with van der Waals surface area (Å²) in [4.78, 5) is 4.31. The Morgan fingerprint density at radius 1 is 1.35 bits per heavy atom. The van der Waals surface area contributed by atoms with E-state index in [-0.39, 0.29) is 13.2 Å². The van der Waals surface area contributed by atoms with Gasteiger partial charge in [-0.1, -0.05) is 20.8 Å². The molecule has 0 aliphatic carbocycles. The Morgan fingerprint density at radius 2 is 2.05 bits per heavy atom. The second-order valence-corrected chi connectivity index (χ2v) is 5.40. The lowest BCUT2D eigenvalue weighted by atomic mass is 9.98. The van der Waals surface area contributed by atoms with Crippen LogP contribution in [-0.2, 0) is 0 Å². The van der Waals surface area contributed by atoms with Crippen molar-refractivity contribution in [3.63, 3.8) is 0 Å². The second-order valence-electron chi connectivity index (χ2n) is 5.40. The number of aliphatic hydroxyl groups is 2. The van der Waals surface area contributed by atoms with E-state index in [2.05, 4.69) is 29.2 Å². The van der Waals surface area contributed by atoms with Crippen LogP contribution in [0.15, 0.2) is 18.5 Å². The van der Waals surface area contributed by atoms with Gasteiger partial charge in [0.15, 0.2) is 5.82 Å². The van der Waals surface area contributed by atoms with Crippen LogP contribution in [0.2, 0.25) is 0 Å². The smallest absolute Gasteiger partial charge is 0.152 e. The van der Waals surface area contributed by atoms with Gasteiger partial charge in [0.05, 0.1) is 24.4 Å². The molecule has 6 nitrogen and oxygen atoms in total. The Hall–Kier alpha value is -1.66. The van der Waals surface area contributed by atoms with Crippen LogP contribution in [0.4, 0.5) is 5.82 Å². The maximum absolute atomic E-state index is 9.53. The molecule has 20 heavy (non-hydrogen) atoms. The van der Waals surface area contributed by atoms with Gasteiger partial charge in [0.25, 0.3) is 0 Å². The van der Waals surface area contributed by atoms with Gasteiger partial charge in [0.2, 0.25) is 0 Å². The van der Waals surface area contributed by atoms with Gasteiger partial charge >= 0.3 is 0 Å². The van der Waals surface area contributed by atoms with Crippen molar-refractivity contribution in [1.82, 2.24) is 14.6 Å². The van der Waals surface area contributed by atoms with Crippen LogP contribution in [0.25, 0.3) is 5.52 Å². The molecule has 0 aliphatic heterocycles. The number of aliphatic hydroxyl groups excluding tert-OH is 2. The van der Waals surface area contributed by atoms with Crippen molar-refractivity contribution < 1.29 is 10.2 Å². The Morgan fingerprint density at radius 3 is 2.60 bits per heavy atom. The van der Waals surface area contributed by atoms with Gasteiger partial charge in [-0.05, 0) is 18.4 Å². The fourth-order valence-corrected chi connectivity index (χ4v) is 2.01. The molecule has 0 radical (unpaired) electrons. The molecule has 2 aromatic heterocycles. The first-order chi connectivity index (χ1) is 9.55. The third kappa shape index (κ3) is 2.62. The molecule has 0 spiro atoms. The predicted octanol–water partition coefficient (Wildman–Crippen LogP) is 1.40. The van der Waals surface area contributed by atoms with Gasteiger partial charge < -0.3 is 15.5 Å². The van der Waals surface area contributed by atoms with E-state index in [9.17, 15) is 10.2 Å². The number of hydrogen-bond donors (Lipinski definition) is 3. The molecule has 0 aliphatic rings. The van der Waals surface area contributed by atoms with Crippen molar-refractivity contribution in [2.45, 2.75) is 38.6 Å². The molecule has 110 valence electrons. The Bertz CT molecular complexity index is 567. The zero-order valence-corrected chi connectivity index (χ0v) is 12.2. The van der Waals surface area contributed by atoms with E-state index in [0.29, 0.717) is 18.2 Å². The summed E-state index contributed by atoms with van der Waals surface area (Å²) in [6.45, 7) is 5.76. The maximum atomic E-state index is 9.53. The number of aromatic nitrogens is 3. The normalized spacial score (nSPS) is 12.3.